The molecule has 2 aliphatic heterocycles. The molecule has 24 heavy (non-hydrogen) atoms. The Labute approximate surface area is 147 Å². The number of ether oxygens (including phenoxy) is 1. The van der Waals surface area contributed by atoms with Gasteiger partial charge in [0.05, 0.1) is 15.6 Å². The zero-order valence-corrected chi connectivity index (χ0v) is 13.9. The minimum atomic E-state index is -0.946. The van der Waals surface area contributed by atoms with Gasteiger partial charge in [0, 0.05) is 32.4 Å². The van der Waals surface area contributed by atoms with Crippen molar-refractivity contribution in [3.05, 3.63) is 45.7 Å². The first kappa shape index (κ1) is 16.6. The van der Waals surface area contributed by atoms with E-state index >= 15 is 0 Å². The van der Waals surface area contributed by atoms with Gasteiger partial charge >= 0.3 is 12.1 Å². The van der Waals surface area contributed by atoms with Gasteiger partial charge in [-0.15, -0.1) is 0 Å². The highest BCUT2D eigenvalue weighted by molar-refractivity contribution is 6.44. The fourth-order valence-electron chi connectivity index (χ4n) is 2.40. The number of rotatable bonds is 2. The summed E-state index contributed by atoms with van der Waals surface area (Å²) in [4.78, 5) is 30.2. The van der Waals surface area contributed by atoms with Crippen LogP contribution in [-0.4, -0.2) is 59.0 Å². The van der Waals surface area contributed by atoms with Crippen LogP contribution in [0.5, 0.6) is 0 Å². The number of carboxylic acid groups (broad SMARTS) is 1. The molecule has 1 saturated heterocycles. The summed E-state index contributed by atoms with van der Waals surface area (Å²) in [5.74, 6) is -0.482. The monoisotopic (exact) mass is 369 g/mol. The second-order valence-electron chi connectivity index (χ2n) is 5.23. The van der Waals surface area contributed by atoms with Crippen molar-refractivity contribution in [2.24, 2.45) is 4.99 Å². The van der Waals surface area contributed by atoms with Crippen LogP contribution in [0.1, 0.15) is 5.56 Å². The Balaban J connectivity index is 1.77. The number of esters is 1. The highest BCUT2D eigenvalue weighted by atomic mass is 35.5. The maximum absolute atomic E-state index is 12.0. The SMILES string of the molecule is O=C1OC(c2cccc(Cl)c2Cl)=N/C1=C/N1CCN(C(=O)O)CC1. The number of cyclic esters (lactones) is 1. The molecule has 0 unspecified atom stereocenters. The second kappa shape index (κ2) is 6.70. The van der Waals surface area contributed by atoms with Crippen LogP contribution in [0.4, 0.5) is 4.79 Å². The Morgan fingerprint density at radius 1 is 1.25 bits per heavy atom. The van der Waals surface area contributed by atoms with E-state index in [1.54, 1.807) is 24.4 Å². The molecule has 0 saturated carbocycles. The molecule has 1 aromatic carbocycles. The van der Waals surface area contributed by atoms with Crippen LogP contribution in [0.25, 0.3) is 0 Å². The molecule has 0 aromatic heterocycles. The Hall–Kier alpha value is -2.25. The molecule has 0 bridgehead atoms. The number of benzene rings is 1. The van der Waals surface area contributed by atoms with Gasteiger partial charge in [-0.3, -0.25) is 0 Å². The van der Waals surface area contributed by atoms with E-state index < -0.39 is 12.1 Å². The van der Waals surface area contributed by atoms with Crippen LogP contribution in [0.3, 0.4) is 0 Å². The van der Waals surface area contributed by atoms with Crippen molar-refractivity contribution in [2.75, 3.05) is 26.2 Å². The Morgan fingerprint density at radius 2 is 1.96 bits per heavy atom. The third kappa shape index (κ3) is 3.32. The van der Waals surface area contributed by atoms with E-state index in [2.05, 4.69) is 4.99 Å². The number of nitrogens with zero attached hydrogens (tertiary/aromatic N) is 3. The lowest BCUT2D eigenvalue weighted by Crippen LogP contribution is -2.46. The smallest absolute Gasteiger partial charge is 0.407 e. The number of piperazine rings is 1. The van der Waals surface area contributed by atoms with Crippen LogP contribution < -0.4 is 0 Å². The first-order chi connectivity index (χ1) is 11.5. The lowest BCUT2D eigenvalue weighted by atomic mass is 10.2. The predicted octanol–water partition coefficient (Wildman–Crippen LogP) is 2.43. The van der Waals surface area contributed by atoms with Gasteiger partial charge in [0.2, 0.25) is 5.90 Å². The van der Waals surface area contributed by atoms with Crippen molar-refractivity contribution in [1.29, 1.82) is 0 Å². The van der Waals surface area contributed by atoms with Crippen molar-refractivity contribution in [3.63, 3.8) is 0 Å². The van der Waals surface area contributed by atoms with Gasteiger partial charge in [-0.25, -0.2) is 14.6 Å². The van der Waals surface area contributed by atoms with Crippen molar-refractivity contribution in [1.82, 2.24) is 9.80 Å². The van der Waals surface area contributed by atoms with Crippen molar-refractivity contribution in [3.8, 4) is 0 Å². The molecule has 9 heteroatoms. The summed E-state index contributed by atoms with van der Waals surface area (Å²) < 4.78 is 5.17. The Bertz CT molecular complexity index is 755. The summed E-state index contributed by atoms with van der Waals surface area (Å²) in [5.41, 5.74) is 0.585. The Morgan fingerprint density at radius 3 is 2.62 bits per heavy atom. The molecule has 0 radical (unpaired) electrons. The number of carbonyl (C=O) groups excluding carboxylic acids is 1. The Kier molecular flexibility index (Phi) is 4.64. The van der Waals surface area contributed by atoms with E-state index in [1.807, 2.05) is 4.90 Å². The molecule has 0 spiro atoms. The molecular weight excluding hydrogens is 357 g/mol. The molecule has 0 atom stereocenters. The number of hydrogen-bond donors (Lipinski definition) is 1. The van der Waals surface area contributed by atoms with Gasteiger partial charge in [-0.1, -0.05) is 29.3 Å². The molecule has 1 aromatic rings. The molecule has 7 nitrogen and oxygen atoms in total. The molecule has 2 heterocycles. The number of amides is 1. The van der Waals surface area contributed by atoms with Crippen LogP contribution in [0.2, 0.25) is 10.0 Å². The van der Waals surface area contributed by atoms with E-state index in [4.69, 9.17) is 33.0 Å². The number of carbonyl (C=O) groups is 2. The van der Waals surface area contributed by atoms with Crippen LogP contribution in [0.15, 0.2) is 35.1 Å². The molecular formula is C15H13Cl2N3O4. The quantitative estimate of drug-likeness (QED) is 0.639. The van der Waals surface area contributed by atoms with Gasteiger partial charge in [0.25, 0.3) is 0 Å². The van der Waals surface area contributed by atoms with Crippen LogP contribution >= 0.6 is 23.2 Å². The summed E-state index contributed by atoms with van der Waals surface area (Å²) >= 11 is 12.1. The minimum absolute atomic E-state index is 0.0999. The summed E-state index contributed by atoms with van der Waals surface area (Å²) in [7, 11) is 0. The molecule has 1 amide bonds. The van der Waals surface area contributed by atoms with Gasteiger partial charge in [0.1, 0.15) is 0 Å². The average Bonchev–Trinajstić information content (AvgIpc) is 2.91. The van der Waals surface area contributed by atoms with Crippen molar-refractivity contribution in [2.45, 2.75) is 0 Å². The zero-order chi connectivity index (χ0) is 17.3. The van der Waals surface area contributed by atoms with Gasteiger partial charge in [0.15, 0.2) is 5.70 Å². The van der Waals surface area contributed by atoms with Gasteiger partial charge in [-0.2, -0.15) is 0 Å². The fraction of sp³-hybridized carbons (Fsp3) is 0.267. The fourth-order valence-corrected chi connectivity index (χ4v) is 2.78. The molecule has 126 valence electrons. The molecule has 3 rings (SSSR count). The number of hydrogen-bond acceptors (Lipinski definition) is 5. The zero-order valence-electron chi connectivity index (χ0n) is 12.4. The summed E-state index contributed by atoms with van der Waals surface area (Å²) in [6, 6.07) is 4.98. The third-order valence-corrected chi connectivity index (χ3v) is 4.51. The number of halogens is 2. The normalized spacial score (nSPS) is 19.5. The maximum atomic E-state index is 12.0. The van der Waals surface area contributed by atoms with E-state index in [1.165, 1.54) is 4.90 Å². The minimum Gasteiger partial charge on any atom is -0.465 e. The molecule has 2 aliphatic rings. The number of aliphatic imine (C=N–C) groups is 1. The lowest BCUT2D eigenvalue weighted by molar-refractivity contribution is -0.130. The summed E-state index contributed by atoms with van der Waals surface area (Å²) in [6.07, 6.45) is 0.631. The van der Waals surface area contributed by atoms with E-state index in [9.17, 15) is 9.59 Å². The lowest BCUT2D eigenvalue weighted by Gasteiger charge is -2.32. The highest BCUT2D eigenvalue weighted by Crippen LogP contribution is 2.28. The standard InChI is InChI=1S/C15H13Cl2N3O4/c16-10-3-1-2-9(12(10)17)13-18-11(14(21)24-13)8-19-4-6-20(7-5-19)15(22)23/h1-3,8H,4-7H2,(H,22,23)/b11-8+. The van der Waals surface area contributed by atoms with E-state index in [0.717, 1.165) is 0 Å². The first-order valence-electron chi connectivity index (χ1n) is 7.14. The first-order valence-corrected chi connectivity index (χ1v) is 7.90. The largest absolute Gasteiger partial charge is 0.465 e. The van der Waals surface area contributed by atoms with E-state index in [0.29, 0.717) is 36.8 Å². The van der Waals surface area contributed by atoms with E-state index in [-0.39, 0.29) is 16.6 Å². The second-order valence-corrected chi connectivity index (χ2v) is 6.01. The van der Waals surface area contributed by atoms with Crippen molar-refractivity contribution >= 4 is 41.2 Å². The average molecular weight is 370 g/mol. The maximum Gasteiger partial charge on any atom is 0.407 e. The highest BCUT2D eigenvalue weighted by Gasteiger charge is 2.28. The molecule has 1 fully saturated rings. The summed E-state index contributed by atoms with van der Waals surface area (Å²) in [5, 5.41) is 9.54. The van der Waals surface area contributed by atoms with Crippen molar-refractivity contribution < 1.29 is 19.4 Å². The molecule has 1 N–H and O–H groups in total. The summed E-state index contributed by atoms with van der Waals surface area (Å²) in [6.45, 7) is 1.69. The van der Waals surface area contributed by atoms with Gasteiger partial charge in [-0.05, 0) is 12.1 Å². The molecule has 0 aliphatic carbocycles. The third-order valence-electron chi connectivity index (χ3n) is 3.69. The van der Waals surface area contributed by atoms with Crippen LogP contribution in [0, 0.1) is 0 Å². The predicted molar refractivity (Wildman–Crippen MR) is 88.3 cm³/mol. The topological polar surface area (TPSA) is 82.4 Å². The van der Waals surface area contributed by atoms with Gasteiger partial charge < -0.3 is 19.6 Å². The van der Waals surface area contributed by atoms with Crippen LogP contribution in [-0.2, 0) is 9.53 Å².